The number of hydrogen-bond donors (Lipinski definition) is 1. The molecule has 1 heterocycles. The van der Waals surface area contributed by atoms with Gasteiger partial charge in [0.25, 0.3) is 5.91 Å². The zero-order chi connectivity index (χ0) is 17.5. The van der Waals surface area contributed by atoms with Gasteiger partial charge in [-0.05, 0) is 31.0 Å². The molecule has 1 amide bonds. The van der Waals surface area contributed by atoms with E-state index in [0.717, 1.165) is 26.2 Å². The average molecular weight is 347 g/mol. The number of carbonyl (C=O) groups is 1. The lowest BCUT2D eigenvalue weighted by Gasteiger charge is -2.36. The van der Waals surface area contributed by atoms with E-state index < -0.39 is 0 Å². The lowest BCUT2D eigenvalue weighted by atomic mass is 10.1. The SMILES string of the molecule is Cc1cccc(N2CCN(/C=C(/C#N)C(=O)NCCCl)CC2)c1C. The summed E-state index contributed by atoms with van der Waals surface area (Å²) in [6, 6.07) is 8.32. The maximum Gasteiger partial charge on any atom is 0.263 e. The molecule has 1 N–H and O–H groups in total. The number of rotatable bonds is 5. The standard InChI is InChI=1S/C18H23ClN4O/c1-14-4-3-5-17(15(14)2)23-10-8-22(9-11-23)13-16(12-20)18(24)21-7-6-19/h3-5,13H,6-11H2,1-2H3,(H,21,24)/b16-13-. The van der Waals surface area contributed by atoms with E-state index in [1.807, 2.05) is 11.0 Å². The van der Waals surface area contributed by atoms with Crippen molar-refractivity contribution in [2.24, 2.45) is 0 Å². The lowest BCUT2D eigenvalue weighted by Crippen LogP contribution is -2.44. The van der Waals surface area contributed by atoms with Crippen LogP contribution in [0.25, 0.3) is 0 Å². The Morgan fingerprint density at radius 1 is 1.33 bits per heavy atom. The monoisotopic (exact) mass is 346 g/mol. The Bertz CT molecular complexity index is 657. The van der Waals surface area contributed by atoms with Crippen LogP contribution in [-0.4, -0.2) is 49.4 Å². The van der Waals surface area contributed by atoms with Gasteiger partial charge in [0.1, 0.15) is 11.6 Å². The van der Waals surface area contributed by atoms with Crippen molar-refractivity contribution in [1.29, 1.82) is 5.26 Å². The van der Waals surface area contributed by atoms with E-state index in [9.17, 15) is 10.1 Å². The van der Waals surface area contributed by atoms with Crippen molar-refractivity contribution in [3.63, 3.8) is 0 Å². The molecule has 0 atom stereocenters. The number of nitriles is 1. The highest BCUT2D eigenvalue weighted by Gasteiger charge is 2.18. The molecule has 0 aliphatic carbocycles. The summed E-state index contributed by atoms with van der Waals surface area (Å²) < 4.78 is 0. The Balaban J connectivity index is 1.99. The summed E-state index contributed by atoms with van der Waals surface area (Å²) >= 11 is 5.55. The molecule has 0 bridgehead atoms. The molecule has 1 fully saturated rings. The molecule has 0 spiro atoms. The molecule has 0 unspecified atom stereocenters. The zero-order valence-corrected chi connectivity index (χ0v) is 14.9. The molecule has 0 radical (unpaired) electrons. The fraction of sp³-hybridized carbons (Fsp3) is 0.444. The molecule has 1 aromatic carbocycles. The van der Waals surface area contributed by atoms with Gasteiger partial charge in [0, 0.05) is 50.5 Å². The number of halogens is 1. The van der Waals surface area contributed by atoms with E-state index in [1.54, 1.807) is 6.20 Å². The van der Waals surface area contributed by atoms with Crippen LogP contribution in [0.5, 0.6) is 0 Å². The number of nitrogens with zero attached hydrogens (tertiary/aromatic N) is 3. The van der Waals surface area contributed by atoms with Gasteiger partial charge in [0.15, 0.2) is 0 Å². The Hall–Kier alpha value is -2.19. The number of anilines is 1. The van der Waals surface area contributed by atoms with Crippen LogP contribution in [0.4, 0.5) is 5.69 Å². The third-order valence-electron chi connectivity index (χ3n) is 4.29. The molecule has 1 aliphatic heterocycles. The van der Waals surface area contributed by atoms with Gasteiger partial charge in [-0.1, -0.05) is 12.1 Å². The fourth-order valence-electron chi connectivity index (χ4n) is 2.75. The van der Waals surface area contributed by atoms with Crippen LogP contribution in [0.3, 0.4) is 0 Å². The van der Waals surface area contributed by atoms with Crippen LogP contribution in [0.15, 0.2) is 30.0 Å². The number of amides is 1. The van der Waals surface area contributed by atoms with Crippen molar-refractivity contribution in [1.82, 2.24) is 10.2 Å². The summed E-state index contributed by atoms with van der Waals surface area (Å²) in [6.45, 7) is 7.91. The number of piperazine rings is 1. The molecule has 0 saturated carbocycles. The molecular weight excluding hydrogens is 324 g/mol. The van der Waals surface area contributed by atoms with Gasteiger partial charge in [0.2, 0.25) is 0 Å². The van der Waals surface area contributed by atoms with Gasteiger partial charge in [-0.25, -0.2) is 0 Å². The molecular formula is C18H23ClN4O. The highest BCUT2D eigenvalue weighted by atomic mass is 35.5. The smallest absolute Gasteiger partial charge is 0.263 e. The summed E-state index contributed by atoms with van der Waals surface area (Å²) in [7, 11) is 0. The zero-order valence-electron chi connectivity index (χ0n) is 14.2. The van der Waals surface area contributed by atoms with Crippen LogP contribution >= 0.6 is 11.6 Å². The van der Waals surface area contributed by atoms with E-state index in [1.165, 1.54) is 16.8 Å². The van der Waals surface area contributed by atoms with Gasteiger partial charge in [0.05, 0.1) is 0 Å². The average Bonchev–Trinajstić information content (AvgIpc) is 2.60. The van der Waals surface area contributed by atoms with Gasteiger partial charge in [-0.2, -0.15) is 5.26 Å². The second-order valence-electron chi connectivity index (χ2n) is 5.84. The molecule has 6 heteroatoms. The van der Waals surface area contributed by atoms with Crippen LogP contribution in [0.1, 0.15) is 11.1 Å². The maximum atomic E-state index is 11.9. The number of benzene rings is 1. The molecule has 1 aromatic rings. The van der Waals surface area contributed by atoms with Crippen LogP contribution < -0.4 is 10.2 Å². The first-order valence-electron chi connectivity index (χ1n) is 8.08. The lowest BCUT2D eigenvalue weighted by molar-refractivity contribution is -0.117. The Morgan fingerprint density at radius 3 is 2.67 bits per heavy atom. The van der Waals surface area contributed by atoms with Gasteiger partial charge >= 0.3 is 0 Å². The quantitative estimate of drug-likeness (QED) is 0.504. The van der Waals surface area contributed by atoms with Gasteiger partial charge < -0.3 is 15.1 Å². The van der Waals surface area contributed by atoms with Crippen molar-refractivity contribution < 1.29 is 4.79 Å². The second-order valence-corrected chi connectivity index (χ2v) is 6.22. The van der Waals surface area contributed by atoms with Crippen LogP contribution in [0.2, 0.25) is 0 Å². The fourth-order valence-corrected chi connectivity index (χ4v) is 2.84. The molecule has 1 saturated heterocycles. The van der Waals surface area contributed by atoms with Crippen molar-refractivity contribution in [2.75, 3.05) is 43.5 Å². The minimum atomic E-state index is -0.366. The predicted molar refractivity (Wildman–Crippen MR) is 97.1 cm³/mol. The number of nitrogens with one attached hydrogen (secondary N) is 1. The van der Waals surface area contributed by atoms with E-state index in [4.69, 9.17) is 11.6 Å². The Kier molecular flexibility index (Phi) is 6.51. The third-order valence-corrected chi connectivity index (χ3v) is 4.48. The summed E-state index contributed by atoms with van der Waals surface area (Å²) in [4.78, 5) is 16.3. The van der Waals surface area contributed by atoms with E-state index in [-0.39, 0.29) is 11.5 Å². The molecule has 128 valence electrons. The van der Waals surface area contributed by atoms with Crippen molar-refractivity contribution in [2.45, 2.75) is 13.8 Å². The van der Waals surface area contributed by atoms with E-state index in [0.29, 0.717) is 12.4 Å². The molecule has 24 heavy (non-hydrogen) atoms. The van der Waals surface area contributed by atoms with Crippen molar-refractivity contribution in [3.8, 4) is 6.07 Å². The third kappa shape index (κ3) is 4.42. The normalized spacial score (nSPS) is 15.2. The topological polar surface area (TPSA) is 59.4 Å². The van der Waals surface area contributed by atoms with E-state index >= 15 is 0 Å². The first-order valence-corrected chi connectivity index (χ1v) is 8.61. The molecule has 1 aliphatic rings. The van der Waals surface area contributed by atoms with E-state index in [2.05, 4.69) is 42.3 Å². The van der Waals surface area contributed by atoms with Gasteiger partial charge in [-0.15, -0.1) is 11.6 Å². The van der Waals surface area contributed by atoms with Crippen LogP contribution in [-0.2, 0) is 4.79 Å². The highest BCUT2D eigenvalue weighted by Crippen LogP contribution is 2.23. The first kappa shape index (κ1) is 18.2. The minimum absolute atomic E-state index is 0.125. The number of hydrogen-bond acceptors (Lipinski definition) is 4. The van der Waals surface area contributed by atoms with Gasteiger partial charge in [-0.3, -0.25) is 4.79 Å². The van der Waals surface area contributed by atoms with Crippen LogP contribution in [0, 0.1) is 25.2 Å². The van der Waals surface area contributed by atoms with Crippen molar-refractivity contribution in [3.05, 3.63) is 41.1 Å². The summed E-state index contributed by atoms with van der Waals surface area (Å²) in [5, 5.41) is 11.8. The second kappa shape index (κ2) is 8.60. The van der Waals surface area contributed by atoms with Crippen molar-refractivity contribution >= 4 is 23.2 Å². The summed E-state index contributed by atoms with van der Waals surface area (Å²) in [6.07, 6.45) is 1.66. The maximum absolute atomic E-state index is 11.9. The molecule has 0 aromatic heterocycles. The molecule has 2 rings (SSSR count). The summed E-state index contributed by atoms with van der Waals surface area (Å²) in [5.41, 5.74) is 3.98. The molecule has 5 nitrogen and oxygen atoms in total. The first-order chi connectivity index (χ1) is 11.6. The predicted octanol–water partition coefficient (Wildman–Crippen LogP) is 2.19. The number of alkyl halides is 1. The largest absolute Gasteiger partial charge is 0.373 e. The minimum Gasteiger partial charge on any atom is -0.373 e. The highest BCUT2D eigenvalue weighted by molar-refractivity contribution is 6.18. The summed E-state index contributed by atoms with van der Waals surface area (Å²) in [5.74, 6) is -0.0333. The Labute approximate surface area is 148 Å². The number of aryl methyl sites for hydroxylation is 1. The number of carbonyl (C=O) groups excluding carboxylic acids is 1. The Morgan fingerprint density at radius 2 is 2.04 bits per heavy atom.